The average Bonchev–Trinajstić information content (AvgIpc) is 3.30. The SMILES string of the molecule is CCC(CC)C(CNC(=O)Cc1csc(-c2ccc(OC)c(OC)c2)n1)N1CCOCC1. The van der Waals surface area contributed by atoms with Crippen molar-refractivity contribution >= 4 is 17.2 Å². The minimum atomic E-state index is 0.0124. The molecular weight excluding hydrogens is 426 g/mol. The van der Waals surface area contributed by atoms with Crippen LogP contribution in [0.3, 0.4) is 0 Å². The van der Waals surface area contributed by atoms with E-state index in [4.69, 9.17) is 14.2 Å². The fraction of sp³-hybridized carbons (Fsp3) is 0.583. The molecular formula is C24H35N3O4S. The normalized spacial score (nSPS) is 15.5. The molecule has 1 aromatic heterocycles. The fourth-order valence-corrected chi connectivity index (χ4v) is 5.09. The maximum atomic E-state index is 12.7. The van der Waals surface area contributed by atoms with Gasteiger partial charge in [-0.25, -0.2) is 4.98 Å². The summed E-state index contributed by atoms with van der Waals surface area (Å²) >= 11 is 1.53. The third kappa shape index (κ3) is 6.21. The van der Waals surface area contributed by atoms with E-state index >= 15 is 0 Å². The first-order valence-corrected chi connectivity index (χ1v) is 12.2. The van der Waals surface area contributed by atoms with Gasteiger partial charge >= 0.3 is 0 Å². The van der Waals surface area contributed by atoms with Gasteiger partial charge in [-0.2, -0.15) is 0 Å². The average molecular weight is 462 g/mol. The van der Waals surface area contributed by atoms with Crippen LogP contribution in [-0.2, 0) is 16.0 Å². The highest BCUT2D eigenvalue weighted by Crippen LogP contribution is 2.33. The predicted octanol–water partition coefficient (Wildman–Crippen LogP) is 3.62. The second-order valence-corrected chi connectivity index (χ2v) is 8.84. The van der Waals surface area contributed by atoms with Crippen molar-refractivity contribution in [3.8, 4) is 22.1 Å². The smallest absolute Gasteiger partial charge is 0.226 e. The maximum absolute atomic E-state index is 12.7. The van der Waals surface area contributed by atoms with Gasteiger partial charge in [-0.15, -0.1) is 11.3 Å². The molecule has 0 saturated carbocycles. The van der Waals surface area contributed by atoms with E-state index in [1.54, 1.807) is 14.2 Å². The second-order valence-electron chi connectivity index (χ2n) is 7.99. The van der Waals surface area contributed by atoms with Gasteiger partial charge < -0.3 is 19.5 Å². The number of morpholine rings is 1. The summed E-state index contributed by atoms with van der Waals surface area (Å²) < 4.78 is 16.2. The highest BCUT2D eigenvalue weighted by Gasteiger charge is 2.27. The largest absolute Gasteiger partial charge is 0.493 e. The number of amides is 1. The van der Waals surface area contributed by atoms with Gasteiger partial charge in [-0.1, -0.05) is 26.7 Å². The summed E-state index contributed by atoms with van der Waals surface area (Å²) in [6.07, 6.45) is 2.49. The van der Waals surface area contributed by atoms with E-state index in [0.29, 0.717) is 30.0 Å². The number of thiazole rings is 1. The molecule has 1 aliphatic heterocycles. The van der Waals surface area contributed by atoms with Crippen LogP contribution < -0.4 is 14.8 Å². The molecule has 0 spiro atoms. The van der Waals surface area contributed by atoms with Crippen LogP contribution in [-0.4, -0.2) is 68.9 Å². The lowest BCUT2D eigenvalue weighted by atomic mass is 9.92. The summed E-state index contributed by atoms with van der Waals surface area (Å²) in [5.41, 5.74) is 1.73. The minimum Gasteiger partial charge on any atom is -0.493 e. The van der Waals surface area contributed by atoms with Crippen LogP contribution in [0.15, 0.2) is 23.6 Å². The molecule has 1 unspecified atom stereocenters. The lowest BCUT2D eigenvalue weighted by Crippen LogP contribution is -2.52. The van der Waals surface area contributed by atoms with Crippen LogP contribution in [0, 0.1) is 5.92 Å². The summed E-state index contributed by atoms with van der Waals surface area (Å²) in [4.78, 5) is 19.8. The fourth-order valence-electron chi connectivity index (χ4n) is 4.27. The van der Waals surface area contributed by atoms with E-state index in [1.807, 2.05) is 23.6 Å². The Morgan fingerprint density at radius 3 is 2.56 bits per heavy atom. The van der Waals surface area contributed by atoms with E-state index in [0.717, 1.165) is 55.4 Å². The molecule has 176 valence electrons. The number of carbonyl (C=O) groups excluding carboxylic acids is 1. The van der Waals surface area contributed by atoms with E-state index in [-0.39, 0.29) is 12.3 Å². The number of hydrogen-bond acceptors (Lipinski definition) is 7. The summed E-state index contributed by atoms with van der Waals surface area (Å²) in [7, 11) is 3.23. The van der Waals surface area contributed by atoms with Crippen LogP contribution in [0.5, 0.6) is 11.5 Å². The maximum Gasteiger partial charge on any atom is 0.226 e. The third-order valence-electron chi connectivity index (χ3n) is 6.14. The van der Waals surface area contributed by atoms with E-state index < -0.39 is 0 Å². The quantitative estimate of drug-likeness (QED) is 0.551. The van der Waals surface area contributed by atoms with Gasteiger partial charge in [0.15, 0.2) is 11.5 Å². The Morgan fingerprint density at radius 1 is 1.19 bits per heavy atom. The van der Waals surface area contributed by atoms with E-state index in [1.165, 1.54) is 11.3 Å². The minimum absolute atomic E-state index is 0.0124. The topological polar surface area (TPSA) is 72.9 Å². The Morgan fingerprint density at radius 2 is 1.91 bits per heavy atom. The first-order valence-electron chi connectivity index (χ1n) is 11.3. The second kappa shape index (κ2) is 12.2. The first kappa shape index (κ1) is 24.5. The van der Waals surface area contributed by atoms with E-state index in [9.17, 15) is 4.79 Å². The molecule has 1 aliphatic rings. The van der Waals surface area contributed by atoms with Crippen molar-refractivity contribution in [3.05, 3.63) is 29.3 Å². The first-order chi connectivity index (χ1) is 15.6. The molecule has 1 atom stereocenters. The molecule has 3 rings (SSSR count). The molecule has 0 aliphatic carbocycles. The Balaban J connectivity index is 1.60. The Labute approximate surface area is 195 Å². The number of ether oxygens (including phenoxy) is 3. The number of benzene rings is 1. The van der Waals surface area contributed by atoms with Crippen LogP contribution in [0.2, 0.25) is 0 Å². The molecule has 8 heteroatoms. The Bertz CT molecular complexity index is 863. The lowest BCUT2D eigenvalue weighted by Gasteiger charge is -2.38. The molecule has 2 heterocycles. The summed E-state index contributed by atoms with van der Waals surface area (Å²) in [5.74, 6) is 1.91. The van der Waals surface area contributed by atoms with Crippen LogP contribution in [0.25, 0.3) is 10.6 Å². The van der Waals surface area contributed by atoms with Crippen molar-refractivity contribution in [2.75, 3.05) is 47.1 Å². The highest BCUT2D eigenvalue weighted by molar-refractivity contribution is 7.13. The molecule has 1 N–H and O–H groups in total. The molecule has 1 saturated heterocycles. The number of aromatic nitrogens is 1. The third-order valence-corrected chi connectivity index (χ3v) is 7.08. The molecule has 0 radical (unpaired) electrons. The van der Waals surface area contributed by atoms with Crippen LogP contribution >= 0.6 is 11.3 Å². The summed E-state index contributed by atoms with van der Waals surface area (Å²) in [6.45, 7) is 8.51. The van der Waals surface area contributed by atoms with Crippen molar-refractivity contribution < 1.29 is 19.0 Å². The molecule has 1 amide bonds. The molecule has 2 aromatic rings. The molecule has 0 bridgehead atoms. The van der Waals surface area contributed by atoms with Gasteiger partial charge in [0.25, 0.3) is 0 Å². The molecule has 32 heavy (non-hydrogen) atoms. The summed E-state index contributed by atoms with van der Waals surface area (Å²) in [6, 6.07) is 6.07. The molecule has 1 fully saturated rings. The van der Waals surface area contributed by atoms with Gasteiger partial charge in [0.05, 0.1) is 39.5 Å². The highest BCUT2D eigenvalue weighted by atomic mass is 32.1. The lowest BCUT2D eigenvalue weighted by molar-refractivity contribution is -0.121. The zero-order valence-corrected chi connectivity index (χ0v) is 20.4. The number of nitrogens with one attached hydrogen (secondary N) is 1. The predicted molar refractivity (Wildman–Crippen MR) is 128 cm³/mol. The van der Waals surface area contributed by atoms with Crippen molar-refractivity contribution in [2.45, 2.75) is 39.2 Å². The van der Waals surface area contributed by atoms with Gasteiger partial charge in [-0.05, 0) is 24.1 Å². The molecule has 7 nitrogen and oxygen atoms in total. The Hall–Kier alpha value is -2.16. The van der Waals surface area contributed by atoms with Crippen molar-refractivity contribution in [1.82, 2.24) is 15.2 Å². The van der Waals surface area contributed by atoms with Gasteiger partial charge in [0.1, 0.15) is 5.01 Å². The number of carbonyl (C=O) groups is 1. The van der Waals surface area contributed by atoms with Gasteiger partial charge in [0.2, 0.25) is 5.91 Å². The summed E-state index contributed by atoms with van der Waals surface area (Å²) in [5, 5.41) is 5.98. The monoisotopic (exact) mass is 461 g/mol. The number of methoxy groups -OCH3 is 2. The van der Waals surface area contributed by atoms with Crippen LogP contribution in [0.1, 0.15) is 32.4 Å². The number of rotatable bonds is 11. The number of nitrogens with zero attached hydrogens (tertiary/aromatic N) is 2. The van der Waals surface area contributed by atoms with Gasteiger partial charge in [-0.3, -0.25) is 9.69 Å². The zero-order valence-electron chi connectivity index (χ0n) is 19.6. The van der Waals surface area contributed by atoms with E-state index in [2.05, 4.69) is 29.0 Å². The Kier molecular flexibility index (Phi) is 9.32. The number of hydrogen-bond donors (Lipinski definition) is 1. The van der Waals surface area contributed by atoms with Crippen molar-refractivity contribution in [2.24, 2.45) is 5.92 Å². The zero-order chi connectivity index (χ0) is 22.9. The van der Waals surface area contributed by atoms with Crippen molar-refractivity contribution in [3.63, 3.8) is 0 Å². The van der Waals surface area contributed by atoms with Crippen LogP contribution in [0.4, 0.5) is 0 Å². The van der Waals surface area contributed by atoms with Gasteiger partial charge in [0, 0.05) is 36.6 Å². The standard InChI is InChI=1S/C24H35N3O4S/c1-5-17(6-2)20(27-9-11-31-12-10-27)15-25-23(28)14-19-16-32-24(26-19)18-7-8-21(29-3)22(13-18)30-4/h7-8,13,16-17,20H,5-6,9-12,14-15H2,1-4H3,(H,25,28). The molecule has 1 aromatic carbocycles. The van der Waals surface area contributed by atoms with Crippen molar-refractivity contribution in [1.29, 1.82) is 0 Å².